The first kappa shape index (κ1) is 24.3. The summed E-state index contributed by atoms with van der Waals surface area (Å²) < 4.78 is 32.2. The number of hydrogen-bond acceptors (Lipinski definition) is 10. The molecule has 1 N–H and O–H groups in total. The third kappa shape index (κ3) is 4.06. The predicted octanol–water partition coefficient (Wildman–Crippen LogP) is 0.457. The van der Waals surface area contributed by atoms with Gasteiger partial charge in [-0.1, -0.05) is 32.5 Å². The quantitative estimate of drug-likeness (QED) is 0.507. The van der Waals surface area contributed by atoms with Gasteiger partial charge in [-0.05, 0) is 29.3 Å². The molecule has 1 aromatic rings. The van der Waals surface area contributed by atoms with Crippen LogP contribution in [-0.2, 0) is 35.5 Å². The van der Waals surface area contributed by atoms with Crippen LogP contribution in [0, 0.1) is 5.41 Å². The van der Waals surface area contributed by atoms with E-state index in [1.54, 1.807) is 20.8 Å². The maximum atomic E-state index is 13.5. The van der Waals surface area contributed by atoms with Gasteiger partial charge in [0.15, 0.2) is 27.1 Å². The van der Waals surface area contributed by atoms with Crippen molar-refractivity contribution in [2.45, 2.75) is 68.3 Å². The number of amides is 1. The van der Waals surface area contributed by atoms with Crippen molar-refractivity contribution >= 4 is 39.3 Å². The minimum atomic E-state index is -4.02. The van der Waals surface area contributed by atoms with E-state index in [4.69, 9.17) is 9.84 Å². The number of nitrogens with zero attached hydrogens (tertiary/aromatic N) is 5. The van der Waals surface area contributed by atoms with Crippen LogP contribution in [0.1, 0.15) is 40.5 Å². The van der Waals surface area contributed by atoms with E-state index in [9.17, 15) is 22.8 Å². The number of β-lactam (4-membered cyclic amide) rings is 1. The number of aryl methyl sites for hydroxylation is 1. The number of sulfone groups is 1. The monoisotopic (exact) mass is 487 g/mol. The van der Waals surface area contributed by atoms with Gasteiger partial charge in [0, 0.05) is 25.5 Å². The molecule has 0 aliphatic carbocycles. The van der Waals surface area contributed by atoms with Crippen LogP contribution < -0.4 is 0 Å². The van der Waals surface area contributed by atoms with Gasteiger partial charge in [-0.2, -0.15) is 0 Å². The molecule has 14 heteroatoms. The van der Waals surface area contributed by atoms with Crippen LogP contribution in [0.3, 0.4) is 0 Å². The molecule has 32 heavy (non-hydrogen) atoms. The van der Waals surface area contributed by atoms with Crippen LogP contribution in [0.25, 0.3) is 0 Å². The van der Waals surface area contributed by atoms with Crippen LogP contribution in [0.15, 0.2) is 16.4 Å². The number of carbonyl (C=O) groups is 3. The molecule has 2 aliphatic rings. The Kier molecular flexibility index (Phi) is 6.50. The number of aliphatic carboxylic acids is 1. The van der Waals surface area contributed by atoms with Crippen LogP contribution in [0.4, 0.5) is 0 Å². The number of aromatic nitrogens is 4. The highest BCUT2D eigenvalue weighted by molar-refractivity contribution is 8.14. The van der Waals surface area contributed by atoms with E-state index >= 15 is 0 Å². The van der Waals surface area contributed by atoms with Crippen molar-refractivity contribution in [2.75, 3.05) is 7.11 Å². The average molecular weight is 488 g/mol. The maximum Gasteiger partial charge on any atom is 0.303 e. The molecule has 12 nitrogen and oxygen atoms in total. The van der Waals surface area contributed by atoms with Crippen molar-refractivity contribution in [1.82, 2.24) is 25.1 Å². The van der Waals surface area contributed by atoms with Crippen LogP contribution >= 0.6 is 11.8 Å². The fraction of sp³-hybridized carbons (Fsp3) is 0.667. The lowest BCUT2D eigenvalue weighted by molar-refractivity contribution is -0.161. The predicted molar refractivity (Wildman–Crippen MR) is 112 cm³/mol. The highest BCUT2D eigenvalue weighted by Crippen LogP contribution is 2.47. The summed E-state index contributed by atoms with van der Waals surface area (Å²) in [6.07, 6.45) is -1.04. The fourth-order valence-electron chi connectivity index (χ4n) is 3.58. The van der Waals surface area contributed by atoms with Crippen LogP contribution in [0.5, 0.6) is 0 Å². The molecule has 3 heterocycles. The number of tetrazole rings is 1. The van der Waals surface area contributed by atoms with Gasteiger partial charge < -0.3 is 9.84 Å². The Morgan fingerprint density at radius 3 is 2.50 bits per heavy atom. The normalized spacial score (nSPS) is 24.8. The van der Waals surface area contributed by atoms with Gasteiger partial charge >= 0.3 is 5.97 Å². The lowest BCUT2D eigenvalue weighted by Crippen LogP contribution is -2.71. The third-order valence-electron chi connectivity index (χ3n) is 5.22. The standard InChI is InChI=1S/C18H25N5O7S2/c1-9-11(13(26)18(2,3)4)23-14(27)12(30-5)15(23)32(28,29)16(9)31-17-19-20-21-22(17)8-6-7-10(24)25/h12,15-16H,6-8H2,1-5H3,(H,24,25)/t12-,15-,16?/m0/s1. The number of ketones is 1. The number of ether oxygens (including phenoxy) is 1. The maximum absolute atomic E-state index is 13.5. The zero-order valence-electron chi connectivity index (χ0n) is 18.3. The van der Waals surface area contributed by atoms with Crippen molar-refractivity contribution in [2.24, 2.45) is 5.41 Å². The molecule has 3 atom stereocenters. The molecule has 0 saturated carbocycles. The van der Waals surface area contributed by atoms with Gasteiger partial charge in [0.1, 0.15) is 4.58 Å². The molecule has 0 bridgehead atoms. The number of methoxy groups -OCH3 is 1. The molecule has 3 rings (SSSR count). The molecule has 2 aliphatic heterocycles. The first-order valence-electron chi connectivity index (χ1n) is 9.81. The topological polar surface area (TPSA) is 162 Å². The van der Waals surface area contributed by atoms with Gasteiger partial charge in [0.05, 0.1) is 5.70 Å². The fourth-order valence-corrected chi connectivity index (χ4v) is 7.46. The average Bonchev–Trinajstić information content (AvgIpc) is 3.12. The van der Waals surface area contributed by atoms with Crippen LogP contribution in [-0.4, -0.2) is 79.5 Å². The number of fused-ring (bicyclic) bond motifs is 1. The molecular weight excluding hydrogens is 462 g/mol. The number of hydrogen-bond donors (Lipinski definition) is 1. The molecule has 0 aromatic carbocycles. The van der Waals surface area contributed by atoms with Crippen molar-refractivity contribution in [3.63, 3.8) is 0 Å². The number of allylic oxidation sites excluding steroid dienone is 1. The van der Waals surface area contributed by atoms with E-state index in [2.05, 4.69) is 15.5 Å². The Labute approximate surface area is 189 Å². The summed E-state index contributed by atoms with van der Waals surface area (Å²) in [7, 11) is -2.77. The van der Waals surface area contributed by atoms with E-state index in [-0.39, 0.29) is 41.6 Å². The van der Waals surface area contributed by atoms with Crippen molar-refractivity contribution in [1.29, 1.82) is 0 Å². The van der Waals surface area contributed by atoms with E-state index in [1.165, 1.54) is 18.7 Å². The molecule has 0 radical (unpaired) electrons. The number of carboxylic acids is 1. The summed E-state index contributed by atoms with van der Waals surface area (Å²) in [5.41, 5.74) is -0.582. The smallest absolute Gasteiger partial charge is 0.303 e. The molecule has 1 fully saturated rings. The molecule has 1 saturated heterocycles. The SMILES string of the molecule is CO[C@H]1C(=O)N2C(C(=O)C(C)(C)C)=C(C)C(Sc3nnnn3CCCC(=O)O)S(=O)(=O)[C@@H]12. The summed E-state index contributed by atoms with van der Waals surface area (Å²) in [4.78, 5) is 37.6. The first-order chi connectivity index (χ1) is 14.8. The Morgan fingerprint density at radius 1 is 1.28 bits per heavy atom. The number of Topliss-reactive ketones (excluding diaryl/α,β-unsaturated/α-hetero) is 1. The van der Waals surface area contributed by atoms with E-state index < -0.39 is 43.2 Å². The largest absolute Gasteiger partial charge is 0.481 e. The Hall–Kier alpha value is -2.32. The van der Waals surface area contributed by atoms with E-state index in [0.29, 0.717) is 0 Å². The summed E-state index contributed by atoms with van der Waals surface area (Å²) >= 11 is 0.845. The van der Waals surface area contributed by atoms with E-state index in [1.807, 2.05) is 0 Å². The Balaban J connectivity index is 2.03. The summed E-state index contributed by atoms with van der Waals surface area (Å²) in [6, 6.07) is 0. The van der Waals surface area contributed by atoms with Gasteiger partial charge in [0.2, 0.25) is 5.16 Å². The second kappa shape index (κ2) is 8.56. The summed E-state index contributed by atoms with van der Waals surface area (Å²) in [6.45, 7) is 6.76. The number of carbonyl (C=O) groups excluding carboxylic acids is 2. The molecule has 1 unspecified atom stereocenters. The molecular formula is C18H25N5O7S2. The summed E-state index contributed by atoms with van der Waals surface area (Å²) in [5.74, 6) is -1.90. The lowest BCUT2D eigenvalue weighted by Gasteiger charge is -2.51. The molecule has 0 spiro atoms. The Bertz CT molecular complexity index is 1090. The zero-order valence-corrected chi connectivity index (χ0v) is 19.9. The van der Waals surface area contributed by atoms with Gasteiger partial charge in [0.25, 0.3) is 5.91 Å². The zero-order chi connectivity index (χ0) is 24.0. The van der Waals surface area contributed by atoms with Gasteiger partial charge in [-0.15, -0.1) is 5.10 Å². The highest BCUT2D eigenvalue weighted by atomic mass is 32.3. The molecule has 176 valence electrons. The van der Waals surface area contributed by atoms with Crippen molar-refractivity contribution in [3.8, 4) is 0 Å². The van der Waals surface area contributed by atoms with Gasteiger partial charge in [-0.25, -0.2) is 13.1 Å². The first-order valence-corrected chi connectivity index (χ1v) is 12.3. The number of thioether (sulfide) groups is 1. The number of carboxylic acid groups (broad SMARTS) is 1. The second-order valence-corrected chi connectivity index (χ2v) is 12.1. The third-order valence-corrected chi connectivity index (χ3v) is 9.47. The molecule has 1 amide bonds. The Morgan fingerprint density at radius 2 is 1.94 bits per heavy atom. The highest BCUT2D eigenvalue weighted by Gasteiger charge is 2.63. The summed E-state index contributed by atoms with van der Waals surface area (Å²) in [5, 5.41) is 18.9. The van der Waals surface area contributed by atoms with Crippen LogP contribution in [0.2, 0.25) is 0 Å². The van der Waals surface area contributed by atoms with E-state index in [0.717, 1.165) is 16.7 Å². The molecule has 1 aromatic heterocycles. The second-order valence-electron chi connectivity index (χ2n) is 8.59. The minimum absolute atomic E-state index is 0.0537. The minimum Gasteiger partial charge on any atom is -0.481 e. The number of rotatable bonds is 8. The van der Waals surface area contributed by atoms with Crippen molar-refractivity contribution in [3.05, 3.63) is 11.3 Å². The van der Waals surface area contributed by atoms with Gasteiger partial charge in [-0.3, -0.25) is 19.3 Å². The van der Waals surface area contributed by atoms with Crippen molar-refractivity contribution < 1.29 is 32.6 Å². The lowest BCUT2D eigenvalue weighted by atomic mass is 9.86.